The molecule has 132 valence electrons. The van der Waals surface area contributed by atoms with Crippen molar-refractivity contribution in [2.24, 2.45) is 0 Å². The number of benzene rings is 1. The van der Waals surface area contributed by atoms with Gasteiger partial charge in [0.15, 0.2) is 0 Å². The smallest absolute Gasteiger partial charge is 0.238 e. The molecule has 0 saturated carbocycles. The molecule has 0 aliphatic heterocycles. The Kier molecular flexibility index (Phi) is 5.89. The number of sulfone groups is 1. The molecule has 0 amide bonds. The van der Waals surface area contributed by atoms with Crippen LogP contribution in [0.2, 0.25) is 5.02 Å². The normalized spacial score (nSPS) is 11.8. The molecule has 0 N–H and O–H groups in total. The molecule has 0 spiro atoms. The zero-order valence-corrected chi connectivity index (χ0v) is 16.6. The number of halogens is 1. The van der Waals surface area contributed by atoms with Gasteiger partial charge in [-0.15, -0.1) is 11.3 Å². The maximum atomic E-state index is 13.0. The minimum absolute atomic E-state index is 0.0284. The minimum atomic E-state index is -3.77. The van der Waals surface area contributed by atoms with E-state index in [0.717, 1.165) is 23.5 Å². The summed E-state index contributed by atoms with van der Waals surface area (Å²) in [6.07, 6.45) is 2.00. The Morgan fingerprint density at radius 1 is 1.24 bits per heavy atom. The second kappa shape index (κ2) is 7.95. The lowest BCUT2D eigenvalue weighted by molar-refractivity contribution is 0.471. The molecule has 0 aliphatic rings. The Hall–Kier alpha value is -1.28. The molecule has 0 atom stereocenters. The van der Waals surface area contributed by atoms with Crippen molar-refractivity contribution in [2.75, 3.05) is 5.75 Å². The topological polar surface area (TPSA) is 60.2 Å². The van der Waals surface area contributed by atoms with Crippen LogP contribution in [-0.4, -0.2) is 19.2 Å². The summed E-state index contributed by atoms with van der Waals surface area (Å²) in [5, 5.41) is 2.69. The van der Waals surface area contributed by atoms with Crippen LogP contribution in [0.25, 0.3) is 10.8 Å². The van der Waals surface area contributed by atoms with E-state index in [1.54, 1.807) is 12.1 Å². The number of aromatic nitrogens is 1. The Balaban J connectivity index is 2.04. The van der Waals surface area contributed by atoms with Crippen LogP contribution in [0.5, 0.6) is 0 Å². The number of hydrogen-bond donors (Lipinski definition) is 0. The molecule has 0 fully saturated rings. The van der Waals surface area contributed by atoms with Gasteiger partial charge in [0.25, 0.3) is 0 Å². The van der Waals surface area contributed by atoms with Crippen LogP contribution < -0.4 is 0 Å². The average molecular weight is 414 g/mol. The first-order valence-corrected chi connectivity index (χ1v) is 11.4. The maximum absolute atomic E-state index is 13.0. The van der Waals surface area contributed by atoms with Gasteiger partial charge in [-0.05, 0) is 42.1 Å². The summed E-state index contributed by atoms with van der Waals surface area (Å²) in [7, 11) is -3.77. The number of nitrogens with zero attached hydrogens (tertiary/aromatic N) is 1. The minimum Gasteiger partial charge on any atom is -0.428 e. The number of thioether (sulfide) groups is 1. The molecule has 8 heteroatoms. The van der Waals surface area contributed by atoms with Gasteiger partial charge in [-0.25, -0.2) is 8.42 Å². The largest absolute Gasteiger partial charge is 0.428 e. The van der Waals surface area contributed by atoms with Gasteiger partial charge in [0.05, 0.1) is 9.77 Å². The summed E-state index contributed by atoms with van der Waals surface area (Å²) in [6.45, 7) is 2.09. The number of thiophene rings is 1. The molecule has 0 radical (unpaired) electrons. The van der Waals surface area contributed by atoms with Gasteiger partial charge < -0.3 is 4.42 Å². The second-order valence-electron chi connectivity index (χ2n) is 5.25. The number of oxazole rings is 1. The zero-order valence-electron chi connectivity index (χ0n) is 13.4. The van der Waals surface area contributed by atoms with Crippen molar-refractivity contribution in [2.45, 2.75) is 34.8 Å². The van der Waals surface area contributed by atoms with Crippen LogP contribution in [-0.2, 0) is 9.84 Å². The Morgan fingerprint density at radius 2 is 2.00 bits per heavy atom. The highest BCUT2D eigenvalue weighted by molar-refractivity contribution is 8.00. The first-order chi connectivity index (χ1) is 12.0. The fourth-order valence-electron chi connectivity index (χ4n) is 2.09. The third-order valence-electron chi connectivity index (χ3n) is 3.41. The van der Waals surface area contributed by atoms with E-state index in [4.69, 9.17) is 16.0 Å². The van der Waals surface area contributed by atoms with Crippen molar-refractivity contribution in [1.82, 2.24) is 4.98 Å². The van der Waals surface area contributed by atoms with E-state index in [0.29, 0.717) is 16.0 Å². The van der Waals surface area contributed by atoms with Crippen molar-refractivity contribution in [1.29, 1.82) is 0 Å². The van der Waals surface area contributed by atoms with Crippen LogP contribution >= 0.6 is 34.7 Å². The molecule has 0 saturated heterocycles. The molecule has 2 aromatic heterocycles. The van der Waals surface area contributed by atoms with Gasteiger partial charge in [-0.3, -0.25) is 0 Å². The van der Waals surface area contributed by atoms with Gasteiger partial charge in [-0.2, -0.15) is 4.98 Å². The highest BCUT2D eigenvalue weighted by Gasteiger charge is 2.28. The molecule has 4 nitrogen and oxygen atoms in total. The van der Waals surface area contributed by atoms with E-state index >= 15 is 0 Å². The highest BCUT2D eigenvalue weighted by Crippen LogP contribution is 2.36. The van der Waals surface area contributed by atoms with Crippen LogP contribution in [0.3, 0.4) is 0 Å². The molecule has 0 bridgehead atoms. The Morgan fingerprint density at radius 3 is 2.64 bits per heavy atom. The van der Waals surface area contributed by atoms with Gasteiger partial charge in [-0.1, -0.05) is 42.8 Å². The standard InChI is InChI=1S/C17H16ClNO3S3/c1-2-3-10-24-17-16(19-15(22-17)14-5-4-11-23-14)25(20,21)13-8-6-12(18)7-9-13/h4-9,11H,2-3,10H2,1H3. The van der Waals surface area contributed by atoms with Crippen LogP contribution in [0.4, 0.5) is 0 Å². The summed E-state index contributed by atoms with van der Waals surface area (Å²) < 4.78 is 31.8. The van der Waals surface area contributed by atoms with E-state index in [1.165, 1.54) is 35.2 Å². The third kappa shape index (κ3) is 4.11. The second-order valence-corrected chi connectivity index (χ2v) is 9.57. The van der Waals surface area contributed by atoms with E-state index in [9.17, 15) is 8.42 Å². The number of unbranched alkanes of at least 4 members (excludes halogenated alkanes) is 1. The molecule has 25 heavy (non-hydrogen) atoms. The Labute approximate surface area is 160 Å². The summed E-state index contributed by atoms with van der Waals surface area (Å²) in [4.78, 5) is 5.26. The summed E-state index contributed by atoms with van der Waals surface area (Å²) in [5.41, 5.74) is 0. The molecule has 3 rings (SSSR count). The van der Waals surface area contributed by atoms with Gasteiger partial charge >= 0.3 is 0 Å². The lowest BCUT2D eigenvalue weighted by Gasteiger charge is -2.03. The molecule has 2 heterocycles. The van der Waals surface area contributed by atoms with Crippen molar-refractivity contribution in [3.8, 4) is 10.8 Å². The van der Waals surface area contributed by atoms with Crippen LogP contribution in [0, 0.1) is 0 Å². The fourth-order valence-corrected chi connectivity index (χ4v) is 5.48. The first kappa shape index (κ1) is 18.5. The van der Waals surface area contributed by atoms with Gasteiger partial charge in [0, 0.05) is 10.8 Å². The quantitative estimate of drug-likeness (QED) is 0.363. The molecule has 0 aliphatic carbocycles. The van der Waals surface area contributed by atoms with E-state index in [-0.39, 0.29) is 9.92 Å². The Bertz CT molecular complexity index is 932. The predicted molar refractivity (Wildman–Crippen MR) is 102 cm³/mol. The summed E-state index contributed by atoms with van der Waals surface area (Å²) in [5.74, 6) is 1.11. The average Bonchev–Trinajstić information content (AvgIpc) is 3.25. The number of hydrogen-bond acceptors (Lipinski definition) is 6. The lowest BCUT2D eigenvalue weighted by Crippen LogP contribution is -2.04. The van der Waals surface area contributed by atoms with Gasteiger partial charge in [0.2, 0.25) is 25.8 Å². The summed E-state index contributed by atoms with van der Waals surface area (Å²) in [6, 6.07) is 9.81. The van der Waals surface area contributed by atoms with Crippen LogP contribution in [0.1, 0.15) is 19.8 Å². The lowest BCUT2D eigenvalue weighted by atomic mass is 10.4. The number of rotatable bonds is 7. The molecule has 0 unspecified atom stereocenters. The van der Waals surface area contributed by atoms with Crippen molar-refractivity contribution < 1.29 is 12.8 Å². The molecular weight excluding hydrogens is 398 g/mol. The SMILES string of the molecule is CCCCSc1oc(-c2cccs2)nc1S(=O)(=O)c1ccc(Cl)cc1. The van der Waals surface area contributed by atoms with E-state index in [1.807, 2.05) is 17.5 Å². The monoisotopic (exact) mass is 413 g/mol. The van der Waals surface area contributed by atoms with Gasteiger partial charge in [0.1, 0.15) is 0 Å². The first-order valence-electron chi connectivity index (χ1n) is 7.70. The fraction of sp³-hybridized carbons (Fsp3) is 0.235. The van der Waals surface area contributed by atoms with Crippen LogP contribution in [0.15, 0.2) is 61.2 Å². The van der Waals surface area contributed by atoms with Crippen molar-refractivity contribution in [3.63, 3.8) is 0 Å². The predicted octanol–water partition coefficient (Wildman–Crippen LogP) is 5.78. The van der Waals surface area contributed by atoms with Crippen molar-refractivity contribution in [3.05, 3.63) is 46.8 Å². The maximum Gasteiger partial charge on any atom is 0.238 e. The van der Waals surface area contributed by atoms with Crippen molar-refractivity contribution >= 4 is 44.5 Å². The van der Waals surface area contributed by atoms with E-state index in [2.05, 4.69) is 11.9 Å². The molecular formula is C17H16ClNO3S3. The zero-order chi connectivity index (χ0) is 17.9. The highest BCUT2D eigenvalue weighted by atomic mass is 35.5. The molecule has 3 aromatic rings. The summed E-state index contributed by atoms with van der Waals surface area (Å²) >= 11 is 8.71. The third-order valence-corrected chi connectivity index (χ3v) is 7.36. The van der Waals surface area contributed by atoms with E-state index < -0.39 is 9.84 Å². The molecule has 1 aromatic carbocycles.